The number of halogens is 2. The van der Waals surface area contributed by atoms with E-state index in [0.29, 0.717) is 6.04 Å². The van der Waals surface area contributed by atoms with Crippen molar-refractivity contribution in [2.45, 2.75) is 32.2 Å². The summed E-state index contributed by atoms with van der Waals surface area (Å²) in [6, 6.07) is 13.1. The fraction of sp³-hybridized carbons (Fsp3) is 0.375. The Morgan fingerprint density at radius 2 is 2.10 bits per heavy atom. The minimum absolute atomic E-state index is 0.457. The van der Waals surface area contributed by atoms with E-state index in [2.05, 4.69) is 58.5 Å². The summed E-state index contributed by atoms with van der Waals surface area (Å²) in [4.78, 5) is 1.35. The molecule has 1 nitrogen and oxygen atoms in total. The van der Waals surface area contributed by atoms with Crippen LogP contribution in [-0.4, -0.2) is 12.6 Å². The van der Waals surface area contributed by atoms with Gasteiger partial charge >= 0.3 is 0 Å². The third-order valence-corrected chi connectivity index (χ3v) is 4.88. The van der Waals surface area contributed by atoms with E-state index < -0.39 is 0 Å². The molecular formula is C16H19BrClNS. The van der Waals surface area contributed by atoms with Crippen molar-refractivity contribution in [1.82, 2.24) is 5.32 Å². The Kier molecular flexibility index (Phi) is 6.56. The highest BCUT2D eigenvalue weighted by Crippen LogP contribution is 2.23. The van der Waals surface area contributed by atoms with E-state index in [-0.39, 0.29) is 0 Å². The van der Waals surface area contributed by atoms with Crippen LogP contribution < -0.4 is 5.32 Å². The molecule has 0 saturated heterocycles. The minimum Gasteiger partial charge on any atom is -0.313 e. The van der Waals surface area contributed by atoms with Gasteiger partial charge < -0.3 is 5.32 Å². The van der Waals surface area contributed by atoms with Gasteiger partial charge in [-0.25, -0.2) is 0 Å². The molecule has 0 saturated carbocycles. The molecule has 1 aromatic heterocycles. The molecule has 0 aliphatic rings. The van der Waals surface area contributed by atoms with Gasteiger partial charge in [0.15, 0.2) is 0 Å². The summed E-state index contributed by atoms with van der Waals surface area (Å²) >= 11 is 11.2. The fourth-order valence-corrected chi connectivity index (χ4v) is 3.83. The van der Waals surface area contributed by atoms with Gasteiger partial charge in [0.1, 0.15) is 0 Å². The number of rotatable bonds is 7. The zero-order chi connectivity index (χ0) is 14.4. The fourth-order valence-electron chi connectivity index (χ4n) is 2.22. The lowest BCUT2D eigenvalue weighted by Crippen LogP contribution is -2.33. The predicted molar refractivity (Wildman–Crippen MR) is 93.0 cm³/mol. The summed E-state index contributed by atoms with van der Waals surface area (Å²) in [6.07, 6.45) is 3.22. The van der Waals surface area contributed by atoms with Crippen molar-refractivity contribution in [1.29, 1.82) is 0 Å². The molecule has 1 N–H and O–H groups in total. The molecule has 1 heterocycles. The molecule has 0 radical (unpaired) electrons. The van der Waals surface area contributed by atoms with Gasteiger partial charge in [0.05, 0.1) is 4.34 Å². The van der Waals surface area contributed by atoms with E-state index >= 15 is 0 Å². The lowest BCUT2D eigenvalue weighted by Gasteiger charge is -2.18. The highest BCUT2D eigenvalue weighted by Gasteiger charge is 2.11. The number of thiophene rings is 1. The Bertz CT molecular complexity index is 541. The molecular weight excluding hydrogens is 354 g/mol. The molecule has 108 valence electrons. The van der Waals surface area contributed by atoms with Crippen LogP contribution in [0.3, 0.4) is 0 Å². The van der Waals surface area contributed by atoms with Crippen LogP contribution in [0.1, 0.15) is 23.8 Å². The highest BCUT2D eigenvalue weighted by molar-refractivity contribution is 9.10. The summed E-state index contributed by atoms with van der Waals surface area (Å²) in [5.41, 5.74) is 1.36. The van der Waals surface area contributed by atoms with Crippen LogP contribution in [0, 0.1) is 0 Å². The zero-order valence-corrected chi connectivity index (χ0v) is 14.7. The third-order valence-electron chi connectivity index (χ3n) is 3.13. The first-order chi connectivity index (χ1) is 9.67. The maximum atomic E-state index is 6.02. The van der Waals surface area contributed by atoms with Gasteiger partial charge in [0, 0.05) is 15.4 Å². The molecule has 0 bridgehead atoms. The van der Waals surface area contributed by atoms with Crippen molar-refractivity contribution in [2.75, 3.05) is 6.54 Å². The number of hydrogen-bond donors (Lipinski definition) is 1. The van der Waals surface area contributed by atoms with Gasteiger partial charge in [-0.1, -0.05) is 46.6 Å². The van der Waals surface area contributed by atoms with Gasteiger partial charge in [0.25, 0.3) is 0 Å². The van der Waals surface area contributed by atoms with Gasteiger partial charge in [-0.15, -0.1) is 11.3 Å². The summed E-state index contributed by atoms with van der Waals surface area (Å²) in [5, 5.41) is 3.64. The summed E-state index contributed by atoms with van der Waals surface area (Å²) < 4.78 is 2.01. The first-order valence-electron chi connectivity index (χ1n) is 6.89. The second kappa shape index (κ2) is 8.18. The van der Waals surface area contributed by atoms with E-state index in [1.54, 1.807) is 11.3 Å². The van der Waals surface area contributed by atoms with Crippen molar-refractivity contribution in [3.05, 3.63) is 55.6 Å². The molecule has 1 aromatic carbocycles. The molecule has 1 unspecified atom stereocenters. The van der Waals surface area contributed by atoms with Crippen LogP contribution in [-0.2, 0) is 12.8 Å². The summed E-state index contributed by atoms with van der Waals surface area (Å²) in [6.45, 7) is 3.25. The maximum Gasteiger partial charge on any atom is 0.0931 e. The molecule has 0 spiro atoms. The van der Waals surface area contributed by atoms with Crippen molar-refractivity contribution >= 4 is 38.9 Å². The first kappa shape index (κ1) is 16.0. The SMILES string of the molecule is CCCNC(Cc1cccc(Br)c1)Cc1ccc(Cl)s1. The summed E-state index contributed by atoms with van der Waals surface area (Å²) in [5.74, 6) is 0. The van der Waals surface area contributed by atoms with E-state index in [1.807, 2.05) is 6.07 Å². The molecule has 2 rings (SSSR count). The second-order valence-electron chi connectivity index (χ2n) is 4.90. The van der Waals surface area contributed by atoms with Crippen LogP contribution in [0.5, 0.6) is 0 Å². The van der Waals surface area contributed by atoms with Crippen molar-refractivity contribution in [3.63, 3.8) is 0 Å². The average molecular weight is 373 g/mol. The molecule has 0 aliphatic carbocycles. The largest absolute Gasteiger partial charge is 0.313 e. The van der Waals surface area contributed by atoms with Crippen molar-refractivity contribution in [2.24, 2.45) is 0 Å². The lowest BCUT2D eigenvalue weighted by atomic mass is 10.0. The molecule has 20 heavy (non-hydrogen) atoms. The van der Waals surface area contributed by atoms with Gasteiger partial charge in [-0.3, -0.25) is 0 Å². The van der Waals surface area contributed by atoms with Gasteiger partial charge in [0.2, 0.25) is 0 Å². The normalized spacial score (nSPS) is 12.6. The van der Waals surface area contributed by atoms with E-state index in [1.165, 1.54) is 10.4 Å². The minimum atomic E-state index is 0.457. The third kappa shape index (κ3) is 5.21. The standard InChI is InChI=1S/C16H19BrClNS/c1-2-8-19-14(11-15-6-7-16(18)20-15)10-12-4-3-5-13(17)9-12/h3-7,9,14,19H,2,8,10-11H2,1H3. The van der Waals surface area contributed by atoms with Crippen molar-refractivity contribution < 1.29 is 0 Å². The summed E-state index contributed by atoms with van der Waals surface area (Å²) in [7, 11) is 0. The Labute approximate surface area is 138 Å². The van der Waals surface area contributed by atoms with E-state index in [4.69, 9.17) is 11.6 Å². The topological polar surface area (TPSA) is 12.0 Å². The number of benzene rings is 1. The Morgan fingerprint density at radius 1 is 1.25 bits per heavy atom. The van der Waals surface area contributed by atoms with Crippen molar-refractivity contribution in [3.8, 4) is 0 Å². The molecule has 4 heteroatoms. The smallest absolute Gasteiger partial charge is 0.0931 e. The molecule has 0 amide bonds. The quantitative estimate of drug-likeness (QED) is 0.694. The zero-order valence-electron chi connectivity index (χ0n) is 11.5. The van der Waals surface area contributed by atoms with Crippen LogP contribution in [0.25, 0.3) is 0 Å². The van der Waals surface area contributed by atoms with E-state index in [9.17, 15) is 0 Å². The van der Waals surface area contributed by atoms with Gasteiger partial charge in [-0.05, 0) is 55.6 Å². The molecule has 0 fully saturated rings. The molecule has 0 aliphatic heterocycles. The Morgan fingerprint density at radius 3 is 2.75 bits per heavy atom. The van der Waals surface area contributed by atoms with Crippen LogP contribution in [0.2, 0.25) is 4.34 Å². The average Bonchev–Trinajstić information content (AvgIpc) is 2.81. The van der Waals surface area contributed by atoms with E-state index in [0.717, 1.165) is 34.6 Å². The maximum absolute atomic E-state index is 6.02. The number of nitrogens with one attached hydrogen (secondary N) is 1. The van der Waals surface area contributed by atoms with Crippen LogP contribution in [0.15, 0.2) is 40.9 Å². The monoisotopic (exact) mass is 371 g/mol. The Hall–Kier alpha value is -0.350. The van der Waals surface area contributed by atoms with Crippen LogP contribution >= 0.6 is 38.9 Å². The molecule has 1 atom stereocenters. The molecule has 2 aromatic rings. The second-order valence-corrected chi connectivity index (χ2v) is 7.61. The Balaban J connectivity index is 2.02. The highest BCUT2D eigenvalue weighted by atomic mass is 79.9. The number of hydrogen-bond acceptors (Lipinski definition) is 2. The predicted octanol–water partition coefficient (Wildman–Crippen LogP) is 5.32. The lowest BCUT2D eigenvalue weighted by molar-refractivity contribution is 0.507. The van der Waals surface area contributed by atoms with Gasteiger partial charge in [-0.2, -0.15) is 0 Å². The van der Waals surface area contributed by atoms with Crippen LogP contribution in [0.4, 0.5) is 0 Å². The first-order valence-corrected chi connectivity index (χ1v) is 8.88.